The van der Waals surface area contributed by atoms with Gasteiger partial charge in [-0.25, -0.2) is 4.98 Å². The average molecular weight is 330 g/mol. The minimum Gasteiger partial charge on any atom is -0.438 e. The van der Waals surface area contributed by atoms with E-state index in [-0.39, 0.29) is 30.3 Å². The zero-order valence-corrected chi connectivity index (χ0v) is 14.3. The number of amides is 1. The van der Waals surface area contributed by atoms with Gasteiger partial charge in [0.2, 0.25) is 5.76 Å². The topological polar surface area (TPSA) is 87.0 Å². The molecule has 0 unspecified atom stereocenters. The molecule has 2 rings (SSSR count). The quantitative estimate of drug-likeness (QED) is 0.797. The molecule has 22 heavy (non-hydrogen) atoms. The molecule has 0 spiro atoms. The van der Waals surface area contributed by atoms with Crippen LogP contribution in [0, 0.1) is 6.92 Å². The number of piperazine rings is 1. The molecule has 9 heteroatoms. The van der Waals surface area contributed by atoms with Crippen LogP contribution in [0.2, 0.25) is 0 Å². The van der Waals surface area contributed by atoms with Crippen LogP contribution >= 0.6 is 0 Å². The smallest absolute Gasteiger partial charge is 0.291 e. The van der Waals surface area contributed by atoms with Crippen molar-refractivity contribution in [2.24, 2.45) is 0 Å². The number of rotatable bonds is 3. The molecule has 124 valence electrons. The molecule has 0 radical (unpaired) electrons. The second-order valence-corrected chi connectivity index (χ2v) is 7.74. The molecule has 1 saturated heterocycles. The second-order valence-electron chi connectivity index (χ2n) is 5.65. The van der Waals surface area contributed by atoms with E-state index in [9.17, 15) is 13.2 Å². The van der Waals surface area contributed by atoms with Crippen LogP contribution in [-0.4, -0.2) is 72.1 Å². The molecule has 1 aliphatic heterocycles. The SMILES string of the molecule is Cc1ncoc1C(=O)N1CCN(S(=O)(=O)N(C)C)[C@H](C)[C@@H]1C. The molecule has 2 atom stereocenters. The predicted octanol–water partition coefficient (Wildman–Crippen LogP) is 0.324. The number of oxazole rings is 1. The lowest BCUT2D eigenvalue weighted by Crippen LogP contribution is -2.61. The first-order valence-electron chi connectivity index (χ1n) is 7.08. The molecule has 0 bridgehead atoms. The molecule has 1 fully saturated rings. The van der Waals surface area contributed by atoms with Gasteiger partial charge in [-0.3, -0.25) is 4.79 Å². The lowest BCUT2D eigenvalue weighted by Gasteiger charge is -2.44. The number of hydrogen-bond acceptors (Lipinski definition) is 5. The molecular formula is C13H22N4O4S. The van der Waals surface area contributed by atoms with Crippen molar-refractivity contribution in [1.82, 2.24) is 18.5 Å². The Morgan fingerprint density at radius 3 is 2.45 bits per heavy atom. The molecule has 0 N–H and O–H groups in total. The number of aromatic nitrogens is 1. The van der Waals surface area contributed by atoms with Crippen molar-refractivity contribution in [1.29, 1.82) is 0 Å². The van der Waals surface area contributed by atoms with Gasteiger partial charge >= 0.3 is 0 Å². The van der Waals surface area contributed by atoms with Crippen molar-refractivity contribution >= 4 is 16.1 Å². The summed E-state index contributed by atoms with van der Waals surface area (Å²) in [6.07, 6.45) is 1.24. The third kappa shape index (κ3) is 2.75. The fourth-order valence-electron chi connectivity index (χ4n) is 2.57. The van der Waals surface area contributed by atoms with E-state index in [4.69, 9.17) is 4.42 Å². The summed E-state index contributed by atoms with van der Waals surface area (Å²) in [6, 6.07) is -0.589. The predicted molar refractivity (Wildman–Crippen MR) is 80.5 cm³/mol. The molecule has 8 nitrogen and oxygen atoms in total. The van der Waals surface area contributed by atoms with E-state index < -0.39 is 10.2 Å². The largest absolute Gasteiger partial charge is 0.438 e. The Morgan fingerprint density at radius 2 is 1.95 bits per heavy atom. The summed E-state index contributed by atoms with van der Waals surface area (Å²) in [4.78, 5) is 18.1. The fourth-order valence-corrected chi connectivity index (χ4v) is 3.90. The van der Waals surface area contributed by atoms with E-state index in [1.165, 1.54) is 29.1 Å². The Hall–Kier alpha value is -1.45. The summed E-state index contributed by atoms with van der Waals surface area (Å²) in [5, 5.41) is 0. The van der Waals surface area contributed by atoms with Gasteiger partial charge in [0.25, 0.3) is 16.1 Å². The van der Waals surface area contributed by atoms with Crippen molar-refractivity contribution in [3.63, 3.8) is 0 Å². The molecule has 0 aromatic carbocycles. The number of aryl methyl sites for hydroxylation is 1. The molecule has 1 aromatic heterocycles. The Labute approximate surface area is 130 Å². The summed E-state index contributed by atoms with van der Waals surface area (Å²) in [5.41, 5.74) is 0.535. The summed E-state index contributed by atoms with van der Waals surface area (Å²) >= 11 is 0. The van der Waals surface area contributed by atoms with Crippen molar-refractivity contribution in [2.75, 3.05) is 27.2 Å². The Morgan fingerprint density at radius 1 is 1.32 bits per heavy atom. The molecule has 2 heterocycles. The van der Waals surface area contributed by atoms with E-state index in [1.54, 1.807) is 18.7 Å². The van der Waals surface area contributed by atoms with Gasteiger partial charge in [-0.1, -0.05) is 0 Å². The van der Waals surface area contributed by atoms with Crippen LogP contribution in [0.5, 0.6) is 0 Å². The highest BCUT2D eigenvalue weighted by molar-refractivity contribution is 7.86. The number of carbonyl (C=O) groups is 1. The van der Waals surface area contributed by atoms with Crippen LogP contribution in [0.3, 0.4) is 0 Å². The normalized spacial score (nSPS) is 24.0. The van der Waals surface area contributed by atoms with Crippen LogP contribution in [-0.2, 0) is 10.2 Å². The zero-order chi connectivity index (χ0) is 16.7. The maximum Gasteiger partial charge on any atom is 0.291 e. The first-order valence-corrected chi connectivity index (χ1v) is 8.48. The van der Waals surface area contributed by atoms with Crippen molar-refractivity contribution in [2.45, 2.75) is 32.9 Å². The van der Waals surface area contributed by atoms with E-state index in [0.29, 0.717) is 12.2 Å². The maximum atomic E-state index is 12.5. The fraction of sp³-hybridized carbons (Fsp3) is 0.692. The van der Waals surface area contributed by atoms with Crippen LogP contribution in [0.1, 0.15) is 30.1 Å². The summed E-state index contributed by atoms with van der Waals surface area (Å²) in [7, 11) is -0.496. The lowest BCUT2D eigenvalue weighted by molar-refractivity contribution is 0.0444. The maximum absolute atomic E-state index is 12.5. The van der Waals surface area contributed by atoms with Gasteiger partial charge in [0.05, 0.1) is 5.69 Å². The Bertz CT molecular complexity index is 655. The van der Waals surface area contributed by atoms with Crippen molar-refractivity contribution in [3.8, 4) is 0 Å². The van der Waals surface area contributed by atoms with Gasteiger partial charge < -0.3 is 9.32 Å². The van der Waals surface area contributed by atoms with Crippen LogP contribution in [0.25, 0.3) is 0 Å². The first-order chi connectivity index (χ1) is 10.2. The number of hydrogen-bond donors (Lipinski definition) is 0. The minimum atomic E-state index is -3.50. The third-order valence-electron chi connectivity index (χ3n) is 4.16. The molecule has 0 saturated carbocycles. The van der Waals surface area contributed by atoms with Gasteiger partial charge in [-0.05, 0) is 20.8 Å². The highest BCUT2D eigenvalue weighted by atomic mass is 32.2. The average Bonchev–Trinajstić information content (AvgIpc) is 2.86. The Kier molecular flexibility index (Phi) is 4.59. The standard InChI is InChI=1S/C13H22N4O4S/c1-9-12(21-8-14-9)13(18)16-6-7-17(11(3)10(16)2)22(19,20)15(4)5/h8,10-11H,6-7H2,1-5H3/t10-,11+/m0/s1. The molecule has 1 amide bonds. The van der Waals surface area contributed by atoms with E-state index >= 15 is 0 Å². The zero-order valence-electron chi connectivity index (χ0n) is 13.5. The van der Waals surface area contributed by atoms with Gasteiger partial charge in [0, 0.05) is 39.3 Å². The minimum absolute atomic E-state index is 0.211. The summed E-state index contributed by atoms with van der Waals surface area (Å²) in [6.45, 7) is 5.92. The van der Waals surface area contributed by atoms with E-state index in [0.717, 1.165) is 0 Å². The van der Waals surface area contributed by atoms with E-state index in [2.05, 4.69) is 4.98 Å². The second kappa shape index (κ2) is 5.98. The molecule has 1 aromatic rings. The highest BCUT2D eigenvalue weighted by Crippen LogP contribution is 2.23. The number of nitrogens with zero attached hydrogens (tertiary/aromatic N) is 4. The van der Waals surface area contributed by atoms with Gasteiger partial charge in [0.15, 0.2) is 6.39 Å². The van der Waals surface area contributed by atoms with Gasteiger partial charge in [-0.15, -0.1) is 0 Å². The van der Waals surface area contributed by atoms with E-state index in [1.807, 2.05) is 6.92 Å². The van der Waals surface area contributed by atoms with Crippen molar-refractivity contribution < 1.29 is 17.6 Å². The monoisotopic (exact) mass is 330 g/mol. The first kappa shape index (κ1) is 16.9. The van der Waals surface area contributed by atoms with Crippen LogP contribution in [0.15, 0.2) is 10.8 Å². The number of carbonyl (C=O) groups excluding carboxylic acids is 1. The summed E-state index contributed by atoms with van der Waals surface area (Å²) in [5.74, 6) is -0.0424. The summed E-state index contributed by atoms with van der Waals surface area (Å²) < 4.78 is 32.4. The van der Waals surface area contributed by atoms with Crippen LogP contribution in [0.4, 0.5) is 0 Å². The lowest BCUT2D eigenvalue weighted by atomic mass is 10.1. The van der Waals surface area contributed by atoms with Gasteiger partial charge in [0.1, 0.15) is 0 Å². The third-order valence-corrected chi connectivity index (χ3v) is 6.19. The van der Waals surface area contributed by atoms with Crippen molar-refractivity contribution in [3.05, 3.63) is 17.8 Å². The van der Waals surface area contributed by atoms with Gasteiger partial charge in [-0.2, -0.15) is 17.0 Å². The Balaban J connectivity index is 2.22. The molecule has 1 aliphatic rings. The highest BCUT2D eigenvalue weighted by Gasteiger charge is 2.41. The van der Waals surface area contributed by atoms with Crippen LogP contribution < -0.4 is 0 Å². The molecule has 0 aliphatic carbocycles. The molecular weight excluding hydrogens is 308 g/mol.